The molecule has 0 unspecified atom stereocenters. The van der Waals surface area contributed by atoms with Crippen LogP contribution in [0.5, 0.6) is 5.75 Å². The minimum Gasteiger partial charge on any atom is -0.490 e. The lowest BCUT2D eigenvalue weighted by Gasteiger charge is -2.22. The summed E-state index contributed by atoms with van der Waals surface area (Å²) in [5.74, 6) is 1.28. The van der Waals surface area contributed by atoms with Gasteiger partial charge in [-0.3, -0.25) is 4.79 Å². The standard InChI is InChI=1S/C12H21N5O2/c1-5-14-9-8(19-4)10(17-7-16-9)15-6-12(2,3)11(13)18/h7H,5-6H2,1-4H3,(H2,13,18)(H2,14,15,16,17). The van der Waals surface area contributed by atoms with Crippen LogP contribution in [-0.4, -0.2) is 36.1 Å². The van der Waals surface area contributed by atoms with Crippen LogP contribution in [-0.2, 0) is 4.79 Å². The number of nitrogens with zero attached hydrogens (tertiary/aromatic N) is 2. The SMILES string of the molecule is CCNc1ncnc(NCC(C)(C)C(N)=O)c1OC. The van der Waals surface area contributed by atoms with E-state index in [1.807, 2.05) is 6.92 Å². The molecule has 106 valence electrons. The number of rotatable bonds is 7. The molecular weight excluding hydrogens is 246 g/mol. The van der Waals surface area contributed by atoms with Crippen LogP contribution in [0.3, 0.4) is 0 Å². The molecule has 4 N–H and O–H groups in total. The Labute approximate surface area is 113 Å². The second-order valence-electron chi connectivity index (χ2n) is 4.74. The van der Waals surface area contributed by atoms with Crippen LogP contribution in [0.1, 0.15) is 20.8 Å². The van der Waals surface area contributed by atoms with Crippen LogP contribution in [0.2, 0.25) is 0 Å². The maximum absolute atomic E-state index is 11.3. The van der Waals surface area contributed by atoms with E-state index in [1.165, 1.54) is 6.33 Å². The number of anilines is 2. The van der Waals surface area contributed by atoms with E-state index in [9.17, 15) is 4.79 Å². The van der Waals surface area contributed by atoms with Crippen molar-refractivity contribution in [2.45, 2.75) is 20.8 Å². The zero-order valence-corrected chi connectivity index (χ0v) is 11.8. The monoisotopic (exact) mass is 267 g/mol. The van der Waals surface area contributed by atoms with Gasteiger partial charge in [0.25, 0.3) is 0 Å². The Hall–Kier alpha value is -2.05. The minimum absolute atomic E-state index is 0.362. The molecule has 0 aliphatic carbocycles. The van der Waals surface area contributed by atoms with Gasteiger partial charge in [-0.1, -0.05) is 0 Å². The largest absolute Gasteiger partial charge is 0.490 e. The Morgan fingerprint density at radius 1 is 1.37 bits per heavy atom. The molecule has 1 aromatic heterocycles. The first-order chi connectivity index (χ1) is 8.92. The summed E-state index contributed by atoms with van der Waals surface area (Å²) in [6, 6.07) is 0. The third-order valence-corrected chi connectivity index (χ3v) is 2.72. The number of methoxy groups -OCH3 is 1. The highest BCUT2D eigenvalue weighted by Crippen LogP contribution is 2.29. The second kappa shape index (κ2) is 6.21. The molecule has 0 aliphatic rings. The van der Waals surface area contributed by atoms with Gasteiger partial charge in [-0.15, -0.1) is 0 Å². The average molecular weight is 267 g/mol. The van der Waals surface area contributed by atoms with Crippen LogP contribution in [0.4, 0.5) is 11.6 Å². The molecule has 0 aromatic carbocycles. The molecule has 0 fully saturated rings. The number of hydrogen-bond donors (Lipinski definition) is 3. The van der Waals surface area contributed by atoms with Gasteiger partial charge in [0.15, 0.2) is 11.6 Å². The molecule has 1 aromatic rings. The van der Waals surface area contributed by atoms with E-state index in [2.05, 4.69) is 20.6 Å². The van der Waals surface area contributed by atoms with Crippen LogP contribution in [0.25, 0.3) is 0 Å². The summed E-state index contributed by atoms with van der Waals surface area (Å²) in [5.41, 5.74) is 4.65. The van der Waals surface area contributed by atoms with Crippen molar-refractivity contribution in [2.24, 2.45) is 11.1 Å². The van der Waals surface area contributed by atoms with Gasteiger partial charge in [0.1, 0.15) is 6.33 Å². The molecule has 1 amide bonds. The topological polar surface area (TPSA) is 102 Å². The van der Waals surface area contributed by atoms with Gasteiger partial charge in [0.2, 0.25) is 11.7 Å². The molecule has 0 spiro atoms. The second-order valence-corrected chi connectivity index (χ2v) is 4.74. The summed E-state index contributed by atoms with van der Waals surface area (Å²) < 4.78 is 5.29. The van der Waals surface area contributed by atoms with Gasteiger partial charge in [-0.05, 0) is 20.8 Å². The molecule has 0 atom stereocenters. The van der Waals surface area contributed by atoms with E-state index < -0.39 is 5.41 Å². The predicted molar refractivity (Wildman–Crippen MR) is 74.2 cm³/mol. The lowest BCUT2D eigenvalue weighted by molar-refractivity contribution is -0.125. The van der Waals surface area contributed by atoms with Crippen LogP contribution in [0, 0.1) is 5.41 Å². The Morgan fingerprint density at radius 3 is 2.42 bits per heavy atom. The quantitative estimate of drug-likeness (QED) is 0.676. The highest BCUT2D eigenvalue weighted by atomic mass is 16.5. The molecule has 19 heavy (non-hydrogen) atoms. The maximum atomic E-state index is 11.3. The number of nitrogens with one attached hydrogen (secondary N) is 2. The molecule has 0 saturated heterocycles. The summed E-state index contributed by atoms with van der Waals surface area (Å²) in [5, 5.41) is 6.15. The highest BCUT2D eigenvalue weighted by Gasteiger charge is 2.25. The van der Waals surface area contributed by atoms with Gasteiger partial charge < -0.3 is 21.1 Å². The third kappa shape index (κ3) is 3.70. The first-order valence-electron chi connectivity index (χ1n) is 6.09. The van der Waals surface area contributed by atoms with Gasteiger partial charge in [-0.25, -0.2) is 9.97 Å². The Balaban J connectivity index is 2.89. The molecule has 0 aliphatic heterocycles. The zero-order valence-electron chi connectivity index (χ0n) is 11.8. The fourth-order valence-electron chi connectivity index (χ4n) is 1.38. The van der Waals surface area contributed by atoms with Crippen molar-refractivity contribution >= 4 is 17.5 Å². The highest BCUT2D eigenvalue weighted by molar-refractivity contribution is 5.80. The van der Waals surface area contributed by atoms with E-state index in [1.54, 1.807) is 21.0 Å². The number of amides is 1. The smallest absolute Gasteiger partial charge is 0.224 e. The lowest BCUT2D eigenvalue weighted by Crippen LogP contribution is -2.37. The first-order valence-corrected chi connectivity index (χ1v) is 6.09. The van der Waals surface area contributed by atoms with E-state index in [0.29, 0.717) is 23.9 Å². The first kappa shape index (κ1) is 15.0. The number of carbonyl (C=O) groups excluding carboxylic acids is 1. The number of primary amides is 1. The van der Waals surface area contributed by atoms with Gasteiger partial charge in [0, 0.05) is 13.1 Å². The maximum Gasteiger partial charge on any atom is 0.224 e. The number of nitrogens with two attached hydrogens (primary N) is 1. The van der Waals surface area contributed by atoms with Crippen LogP contribution < -0.4 is 21.1 Å². The number of ether oxygens (including phenoxy) is 1. The van der Waals surface area contributed by atoms with Crippen molar-refractivity contribution in [3.05, 3.63) is 6.33 Å². The van der Waals surface area contributed by atoms with Crippen molar-refractivity contribution in [3.63, 3.8) is 0 Å². The summed E-state index contributed by atoms with van der Waals surface area (Å²) in [4.78, 5) is 19.5. The summed E-state index contributed by atoms with van der Waals surface area (Å²) in [7, 11) is 1.55. The molecule has 7 heteroatoms. The predicted octanol–water partition coefficient (Wildman–Crippen LogP) is 0.840. The molecule has 1 rings (SSSR count). The number of aromatic nitrogens is 2. The fraction of sp³-hybridized carbons (Fsp3) is 0.583. The Morgan fingerprint density at radius 2 is 1.95 bits per heavy atom. The lowest BCUT2D eigenvalue weighted by atomic mass is 9.93. The summed E-state index contributed by atoms with van der Waals surface area (Å²) in [6.45, 7) is 6.58. The van der Waals surface area contributed by atoms with Crippen molar-refractivity contribution in [2.75, 3.05) is 30.8 Å². The number of hydrogen-bond acceptors (Lipinski definition) is 6. The van der Waals surface area contributed by atoms with E-state index in [0.717, 1.165) is 6.54 Å². The minimum atomic E-state index is -0.672. The molecule has 0 radical (unpaired) electrons. The van der Waals surface area contributed by atoms with E-state index in [-0.39, 0.29) is 5.91 Å². The average Bonchev–Trinajstić information content (AvgIpc) is 2.36. The fourth-order valence-corrected chi connectivity index (χ4v) is 1.38. The molecule has 7 nitrogen and oxygen atoms in total. The normalized spacial score (nSPS) is 10.9. The molecule has 0 bridgehead atoms. The van der Waals surface area contributed by atoms with Gasteiger partial charge in [-0.2, -0.15) is 0 Å². The summed E-state index contributed by atoms with van der Waals surface area (Å²) in [6.07, 6.45) is 1.43. The molecule has 0 saturated carbocycles. The van der Waals surface area contributed by atoms with Crippen molar-refractivity contribution in [1.29, 1.82) is 0 Å². The molecule has 1 heterocycles. The van der Waals surface area contributed by atoms with Crippen LogP contribution in [0.15, 0.2) is 6.33 Å². The van der Waals surface area contributed by atoms with Crippen molar-refractivity contribution in [1.82, 2.24) is 9.97 Å². The van der Waals surface area contributed by atoms with Gasteiger partial charge >= 0.3 is 0 Å². The van der Waals surface area contributed by atoms with E-state index >= 15 is 0 Å². The number of carbonyl (C=O) groups is 1. The van der Waals surface area contributed by atoms with Crippen molar-refractivity contribution < 1.29 is 9.53 Å². The molecular formula is C12H21N5O2. The summed E-state index contributed by atoms with van der Waals surface area (Å²) >= 11 is 0. The van der Waals surface area contributed by atoms with Crippen molar-refractivity contribution in [3.8, 4) is 5.75 Å². The van der Waals surface area contributed by atoms with E-state index in [4.69, 9.17) is 10.5 Å². The van der Waals surface area contributed by atoms with Crippen LogP contribution >= 0.6 is 0 Å². The third-order valence-electron chi connectivity index (χ3n) is 2.72. The van der Waals surface area contributed by atoms with Gasteiger partial charge in [0.05, 0.1) is 12.5 Å². The Bertz CT molecular complexity index is 448. The Kier molecular flexibility index (Phi) is 4.91. The zero-order chi connectivity index (χ0) is 14.5.